The van der Waals surface area contributed by atoms with E-state index in [0.29, 0.717) is 25.0 Å². The Bertz CT molecular complexity index is 648. The number of aliphatic hydroxyl groups is 1. The molecule has 1 N–H and O–H groups in total. The number of hydrogen-bond acceptors (Lipinski definition) is 4. The molecule has 1 saturated carbocycles. The number of hydrogen-bond donors (Lipinski definition) is 1. The van der Waals surface area contributed by atoms with Crippen molar-refractivity contribution in [1.29, 1.82) is 0 Å². The van der Waals surface area contributed by atoms with Crippen molar-refractivity contribution in [3.8, 4) is 5.75 Å². The molecule has 1 aliphatic heterocycles. The van der Waals surface area contributed by atoms with Crippen LogP contribution in [0.5, 0.6) is 5.75 Å². The van der Waals surface area contributed by atoms with Crippen molar-refractivity contribution < 1.29 is 27.8 Å². The molecule has 2 atom stereocenters. The highest BCUT2D eigenvalue weighted by Gasteiger charge is 2.68. The van der Waals surface area contributed by atoms with E-state index in [1.807, 2.05) is 0 Å². The van der Waals surface area contributed by atoms with Crippen molar-refractivity contribution in [2.24, 2.45) is 11.0 Å². The number of para-hydroxylation sites is 1. The molecule has 24 heavy (non-hydrogen) atoms. The van der Waals surface area contributed by atoms with Gasteiger partial charge in [0.15, 0.2) is 6.61 Å². The zero-order valence-corrected chi connectivity index (χ0v) is 12.8. The third kappa shape index (κ3) is 2.75. The van der Waals surface area contributed by atoms with E-state index in [0.717, 1.165) is 0 Å². The number of fused-ring (bicyclic) bond motifs is 1. The number of ether oxygens (including phenoxy) is 1. The summed E-state index contributed by atoms with van der Waals surface area (Å²) in [6.45, 7) is -0.633. The zero-order valence-electron chi connectivity index (χ0n) is 12.8. The summed E-state index contributed by atoms with van der Waals surface area (Å²) in [7, 11) is 0. The lowest BCUT2D eigenvalue weighted by Crippen LogP contribution is -2.62. The Balaban J connectivity index is 1.81. The molecular formula is C16H17F3N2O3. The summed E-state index contributed by atoms with van der Waals surface area (Å²) in [6.07, 6.45) is -3.23. The van der Waals surface area contributed by atoms with E-state index in [-0.39, 0.29) is 17.1 Å². The van der Waals surface area contributed by atoms with Crippen molar-refractivity contribution in [2.75, 3.05) is 6.61 Å². The number of carbonyl (C=O) groups excluding carboxylic acids is 1. The largest absolute Gasteiger partial charge is 0.484 e. The second-order valence-electron chi connectivity index (χ2n) is 5.92. The van der Waals surface area contributed by atoms with Crippen LogP contribution in [0.2, 0.25) is 0 Å². The van der Waals surface area contributed by atoms with Crippen molar-refractivity contribution in [2.45, 2.75) is 37.6 Å². The SMILES string of the molecule is O=C(COc1ccccc1)N1N=C2CCCCC2C1(O)C(F)(F)F. The molecule has 1 aliphatic carbocycles. The van der Waals surface area contributed by atoms with E-state index in [4.69, 9.17) is 4.74 Å². The van der Waals surface area contributed by atoms with Gasteiger partial charge in [0.1, 0.15) is 5.75 Å². The van der Waals surface area contributed by atoms with Gasteiger partial charge < -0.3 is 9.84 Å². The molecule has 1 aromatic rings. The highest BCUT2D eigenvalue weighted by molar-refractivity contribution is 5.93. The molecular weight excluding hydrogens is 325 g/mol. The molecule has 1 amide bonds. The fourth-order valence-corrected chi connectivity index (χ4v) is 3.19. The third-order valence-corrected chi connectivity index (χ3v) is 4.37. The number of rotatable bonds is 3. The van der Waals surface area contributed by atoms with Gasteiger partial charge in [-0.15, -0.1) is 0 Å². The smallest absolute Gasteiger partial charge is 0.439 e. The van der Waals surface area contributed by atoms with Crippen LogP contribution in [0.1, 0.15) is 25.7 Å². The van der Waals surface area contributed by atoms with Crippen LogP contribution in [-0.4, -0.2) is 40.2 Å². The fraction of sp³-hybridized carbons (Fsp3) is 0.500. The Morgan fingerprint density at radius 2 is 2.04 bits per heavy atom. The summed E-state index contributed by atoms with van der Waals surface area (Å²) in [6, 6.07) is 8.26. The molecule has 1 heterocycles. The van der Waals surface area contributed by atoms with Gasteiger partial charge in [0.2, 0.25) is 0 Å². The Kier molecular flexibility index (Phi) is 4.25. The summed E-state index contributed by atoms with van der Waals surface area (Å²) in [4.78, 5) is 12.3. The van der Waals surface area contributed by atoms with Crippen molar-refractivity contribution >= 4 is 11.6 Å². The Hall–Kier alpha value is -2.09. The Labute approximate surface area is 136 Å². The second kappa shape index (κ2) is 6.08. The minimum absolute atomic E-state index is 0.151. The Morgan fingerprint density at radius 3 is 2.71 bits per heavy atom. The molecule has 0 aromatic heterocycles. The lowest BCUT2D eigenvalue weighted by Gasteiger charge is -2.38. The predicted molar refractivity (Wildman–Crippen MR) is 79.2 cm³/mol. The molecule has 130 valence electrons. The zero-order chi connectivity index (χ0) is 17.4. The highest BCUT2D eigenvalue weighted by Crippen LogP contribution is 2.48. The third-order valence-electron chi connectivity index (χ3n) is 4.37. The maximum atomic E-state index is 13.5. The van der Waals surface area contributed by atoms with Gasteiger partial charge in [-0.1, -0.05) is 24.6 Å². The standard InChI is InChI=1S/C16H17F3N2O3/c17-16(18,19)15(23)12-8-4-5-9-13(12)20-21(15)14(22)10-24-11-6-2-1-3-7-11/h1-3,6-7,12,23H,4-5,8-10H2. The molecule has 2 aliphatic rings. The van der Waals surface area contributed by atoms with Crippen molar-refractivity contribution in [3.05, 3.63) is 30.3 Å². The number of hydrazone groups is 1. The molecule has 0 bridgehead atoms. The molecule has 1 aromatic carbocycles. The average molecular weight is 342 g/mol. The molecule has 1 fully saturated rings. The van der Waals surface area contributed by atoms with E-state index in [1.54, 1.807) is 30.3 Å². The average Bonchev–Trinajstić information content (AvgIpc) is 2.88. The van der Waals surface area contributed by atoms with Crippen LogP contribution in [0.3, 0.4) is 0 Å². The van der Waals surface area contributed by atoms with Gasteiger partial charge in [-0.25, -0.2) is 0 Å². The second-order valence-corrected chi connectivity index (χ2v) is 5.92. The van der Waals surface area contributed by atoms with Gasteiger partial charge in [0.25, 0.3) is 11.6 Å². The number of benzene rings is 1. The Morgan fingerprint density at radius 1 is 1.33 bits per heavy atom. The number of alkyl halides is 3. The molecule has 8 heteroatoms. The predicted octanol–water partition coefficient (Wildman–Crippen LogP) is 2.70. The maximum Gasteiger partial charge on any atom is 0.439 e. The monoisotopic (exact) mass is 342 g/mol. The van der Waals surface area contributed by atoms with Crippen LogP contribution >= 0.6 is 0 Å². The van der Waals surface area contributed by atoms with Gasteiger partial charge in [-0.05, 0) is 31.4 Å². The summed E-state index contributed by atoms with van der Waals surface area (Å²) >= 11 is 0. The van der Waals surface area contributed by atoms with E-state index in [1.165, 1.54) is 0 Å². The van der Waals surface area contributed by atoms with Gasteiger partial charge in [0.05, 0.1) is 5.92 Å². The van der Waals surface area contributed by atoms with Gasteiger partial charge >= 0.3 is 6.18 Å². The number of amides is 1. The molecule has 5 nitrogen and oxygen atoms in total. The highest BCUT2D eigenvalue weighted by atomic mass is 19.4. The summed E-state index contributed by atoms with van der Waals surface area (Å²) in [5.74, 6) is -1.88. The van der Waals surface area contributed by atoms with E-state index in [2.05, 4.69) is 5.10 Å². The fourth-order valence-electron chi connectivity index (χ4n) is 3.19. The molecule has 3 rings (SSSR count). The van der Waals surface area contributed by atoms with Gasteiger partial charge in [-0.2, -0.15) is 23.3 Å². The molecule has 0 spiro atoms. The number of halogens is 3. The van der Waals surface area contributed by atoms with Crippen LogP contribution in [0.25, 0.3) is 0 Å². The first-order valence-corrected chi connectivity index (χ1v) is 7.71. The number of carbonyl (C=O) groups is 1. The molecule has 0 saturated heterocycles. The maximum absolute atomic E-state index is 13.5. The summed E-state index contributed by atoms with van der Waals surface area (Å²) in [5.41, 5.74) is -3.06. The minimum Gasteiger partial charge on any atom is -0.484 e. The van der Waals surface area contributed by atoms with E-state index in [9.17, 15) is 23.1 Å². The van der Waals surface area contributed by atoms with Crippen molar-refractivity contribution in [1.82, 2.24) is 5.01 Å². The van der Waals surface area contributed by atoms with Gasteiger partial charge in [0, 0.05) is 5.71 Å². The first-order valence-electron chi connectivity index (χ1n) is 7.71. The topological polar surface area (TPSA) is 62.1 Å². The van der Waals surface area contributed by atoms with Crippen LogP contribution in [0.15, 0.2) is 35.4 Å². The van der Waals surface area contributed by atoms with Crippen molar-refractivity contribution in [3.63, 3.8) is 0 Å². The van der Waals surface area contributed by atoms with E-state index >= 15 is 0 Å². The van der Waals surface area contributed by atoms with Crippen LogP contribution in [0.4, 0.5) is 13.2 Å². The first kappa shape index (κ1) is 16.8. The minimum atomic E-state index is -5.00. The quantitative estimate of drug-likeness (QED) is 0.919. The van der Waals surface area contributed by atoms with Crippen LogP contribution in [-0.2, 0) is 4.79 Å². The molecule has 2 unspecified atom stereocenters. The lowest BCUT2D eigenvalue weighted by atomic mass is 9.80. The van der Waals surface area contributed by atoms with Crippen LogP contribution < -0.4 is 4.74 Å². The van der Waals surface area contributed by atoms with E-state index < -0.39 is 30.3 Å². The van der Waals surface area contributed by atoms with Crippen LogP contribution in [0, 0.1) is 5.92 Å². The lowest BCUT2D eigenvalue weighted by molar-refractivity contribution is -0.317. The van der Waals surface area contributed by atoms with Gasteiger partial charge in [-0.3, -0.25) is 4.79 Å². The summed E-state index contributed by atoms with van der Waals surface area (Å²) in [5, 5.41) is 14.3. The summed E-state index contributed by atoms with van der Waals surface area (Å²) < 4.78 is 45.8. The first-order chi connectivity index (χ1) is 11.3. The normalized spacial score (nSPS) is 26.8. The molecule has 0 radical (unpaired) electrons. The number of nitrogens with zero attached hydrogens (tertiary/aromatic N) is 2.